The van der Waals surface area contributed by atoms with Crippen LogP contribution in [-0.4, -0.2) is 27.3 Å². The topological polar surface area (TPSA) is 101 Å². The second-order valence-electron chi connectivity index (χ2n) is 8.21. The predicted octanol–water partition coefficient (Wildman–Crippen LogP) is 0.781. The summed E-state index contributed by atoms with van der Waals surface area (Å²) in [5, 5.41) is 12.4. The Bertz CT molecular complexity index is 1230. The third-order valence-corrected chi connectivity index (χ3v) is 6.73. The van der Waals surface area contributed by atoms with Crippen molar-refractivity contribution in [3.8, 4) is 11.5 Å². The first-order valence-electron chi connectivity index (χ1n) is 10.7. The van der Waals surface area contributed by atoms with Crippen molar-refractivity contribution >= 4 is 40.1 Å². The molecule has 0 N–H and O–H groups in total. The van der Waals surface area contributed by atoms with E-state index in [0.717, 1.165) is 37.4 Å². The number of aliphatic carboxylic acids is 1. The minimum absolute atomic E-state index is 0. The van der Waals surface area contributed by atoms with Crippen LogP contribution in [-0.2, 0) is 4.79 Å². The summed E-state index contributed by atoms with van der Waals surface area (Å²) in [6.07, 6.45) is 5.71. The molecule has 1 aromatic heterocycles. The van der Waals surface area contributed by atoms with E-state index in [-0.39, 0.29) is 59.2 Å². The molecular weight excluding hydrogens is 451 g/mol. The van der Waals surface area contributed by atoms with Crippen LogP contribution in [0.3, 0.4) is 0 Å². The molecule has 1 aliphatic heterocycles. The molecule has 2 aromatic carbocycles. The average molecular weight is 472 g/mol. The summed E-state index contributed by atoms with van der Waals surface area (Å²) in [4.78, 5) is 26.1. The molecule has 9 heteroatoms. The number of ketones is 1. The Hall–Kier alpha value is -2.26. The predicted molar refractivity (Wildman–Crippen MR) is 117 cm³/mol. The van der Waals surface area contributed by atoms with Crippen molar-refractivity contribution in [1.82, 2.24) is 8.75 Å². The van der Waals surface area contributed by atoms with Gasteiger partial charge in [0.25, 0.3) is 0 Å². The second kappa shape index (κ2) is 10.3. The van der Waals surface area contributed by atoms with Crippen molar-refractivity contribution in [3.63, 3.8) is 0 Å². The van der Waals surface area contributed by atoms with E-state index in [4.69, 9.17) is 9.47 Å². The molecule has 1 aliphatic carbocycles. The van der Waals surface area contributed by atoms with Gasteiger partial charge in [0.05, 0.1) is 17.7 Å². The van der Waals surface area contributed by atoms with Gasteiger partial charge in [-0.15, -0.1) is 0 Å². The summed E-state index contributed by atoms with van der Waals surface area (Å²) < 4.78 is 19.2. The third kappa shape index (κ3) is 4.99. The zero-order valence-electron chi connectivity index (χ0n) is 18.3. The maximum absolute atomic E-state index is 13.7. The Morgan fingerprint density at radius 2 is 1.67 bits per heavy atom. The molecule has 0 saturated heterocycles. The number of Topliss-reactive ketones (excluding diaryl/α,β-unsaturated/α-hetero) is 1. The first kappa shape index (κ1) is 23.9. The SMILES string of the molecule is O=C([O-])C(=C(CC1CCCCC1)C(=O)c1ccc2c(c1)OCO2)c1ccc2nsnc2c1.[Na+]. The molecule has 0 spiro atoms. The van der Waals surface area contributed by atoms with E-state index >= 15 is 0 Å². The number of carboxylic acids is 1. The number of carbonyl (C=O) groups is 2. The summed E-state index contributed by atoms with van der Waals surface area (Å²) in [6.45, 7) is 0.101. The average Bonchev–Trinajstić information content (AvgIpc) is 3.47. The van der Waals surface area contributed by atoms with Gasteiger partial charge in [0.1, 0.15) is 11.0 Å². The molecule has 0 atom stereocenters. The molecule has 7 nitrogen and oxygen atoms in total. The van der Waals surface area contributed by atoms with E-state index in [1.165, 1.54) is 6.42 Å². The Labute approximate surface area is 217 Å². The number of nitrogens with zero attached hydrogens (tertiary/aromatic N) is 2. The molecule has 1 fully saturated rings. The van der Waals surface area contributed by atoms with Gasteiger partial charge in [-0.05, 0) is 48.2 Å². The zero-order chi connectivity index (χ0) is 22.1. The number of hydrogen-bond acceptors (Lipinski definition) is 8. The number of rotatable bonds is 6. The molecular formula is C24H21N2NaO5S. The Balaban J connectivity index is 0.00000259. The van der Waals surface area contributed by atoms with E-state index < -0.39 is 5.97 Å². The molecule has 0 amide bonds. The molecule has 0 radical (unpaired) electrons. The van der Waals surface area contributed by atoms with E-state index in [0.29, 0.717) is 40.1 Å². The molecule has 1 saturated carbocycles. The van der Waals surface area contributed by atoms with Crippen molar-refractivity contribution < 1.29 is 53.7 Å². The first-order valence-corrected chi connectivity index (χ1v) is 11.4. The Morgan fingerprint density at radius 1 is 0.939 bits per heavy atom. The normalized spacial score (nSPS) is 16.2. The molecule has 3 aromatic rings. The van der Waals surface area contributed by atoms with Crippen LogP contribution < -0.4 is 44.1 Å². The van der Waals surface area contributed by atoms with Gasteiger partial charge in [-0.3, -0.25) is 4.79 Å². The number of carbonyl (C=O) groups excluding carboxylic acids is 2. The number of carboxylic acid groups (broad SMARTS) is 1. The fraction of sp³-hybridized carbons (Fsp3) is 0.333. The number of hydrogen-bond donors (Lipinski definition) is 0. The van der Waals surface area contributed by atoms with Gasteiger partial charge in [-0.25, -0.2) is 0 Å². The van der Waals surface area contributed by atoms with Crippen LogP contribution in [0.4, 0.5) is 0 Å². The van der Waals surface area contributed by atoms with Gasteiger partial charge in [-0.1, -0.05) is 38.2 Å². The van der Waals surface area contributed by atoms with Crippen LogP contribution in [0, 0.1) is 5.92 Å². The number of benzene rings is 2. The standard InChI is InChI=1S/C24H22N2O5S.Na/c27-23(16-7-9-20-21(12-16)31-13-30-20)17(10-14-4-2-1-3-5-14)22(24(28)29)15-6-8-18-19(11-15)26-32-25-18;/h6-9,11-12,14H,1-5,10,13H2,(H,28,29);/q;+1/p-1. The van der Waals surface area contributed by atoms with E-state index in [1.54, 1.807) is 36.4 Å². The number of aromatic nitrogens is 2. The van der Waals surface area contributed by atoms with Gasteiger partial charge in [0, 0.05) is 16.7 Å². The second-order valence-corrected chi connectivity index (χ2v) is 8.74. The molecule has 0 bridgehead atoms. The fourth-order valence-electron chi connectivity index (χ4n) is 4.55. The molecule has 2 heterocycles. The van der Waals surface area contributed by atoms with Crippen molar-refractivity contribution in [1.29, 1.82) is 0 Å². The van der Waals surface area contributed by atoms with Crippen LogP contribution in [0.1, 0.15) is 54.4 Å². The molecule has 0 unspecified atom stereocenters. The molecule has 164 valence electrons. The monoisotopic (exact) mass is 472 g/mol. The molecule has 33 heavy (non-hydrogen) atoms. The maximum Gasteiger partial charge on any atom is 1.00 e. The Morgan fingerprint density at radius 3 is 2.45 bits per heavy atom. The van der Waals surface area contributed by atoms with Crippen LogP contribution in [0.15, 0.2) is 42.0 Å². The minimum Gasteiger partial charge on any atom is -0.545 e. The maximum atomic E-state index is 13.7. The van der Waals surface area contributed by atoms with Crippen molar-refractivity contribution in [2.45, 2.75) is 38.5 Å². The van der Waals surface area contributed by atoms with Gasteiger partial charge in [0.2, 0.25) is 6.79 Å². The summed E-state index contributed by atoms with van der Waals surface area (Å²) in [7, 11) is 0. The van der Waals surface area contributed by atoms with Crippen LogP contribution >= 0.6 is 11.7 Å². The number of fused-ring (bicyclic) bond motifs is 2. The van der Waals surface area contributed by atoms with E-state index in [2.05, 4.69) is 8.75 Å². The summed E-state index contributed by atoms with van der Waals surface area (Å²) in [5.74, 6) is -0.383. The smallest absolute Gasteiger partial charge is 0.545 e. The van der Waals surface area contributed by atoms with Gasteiger partial charge in [0.15, 0.2) is 17.3 Å². The summed E-state index contributed by atoms with van der Waals surface area (Å²) in [6, 6.07) is 10.0. The minimum atomic E-state index is -1.37. The zero-order valence-corrected chi connectivity index (χ0v) is 21.2. The van der Waals surface area contributed by atoms with Crippen LogP contribution in [0.25, 0.3) is 16.6 Å². The molecule has 5 rings (SSSR count). The van der Waals surface area contributed by atoms with Gasteiger partial charge in [-0.2, -0.15) is 8.75 Å². The summed E-state index contributed by atoms with van der Waals surface area (Å²) in [5.41, 5.74) is 2.25. The molecule has 2 aliphatic rings. The first-order chi connectivity index (χ1) is 15.6. The quantitative estimate of drug-likeness (QED) is 0.297. The van der Waals surface area contributed by atoms with Gasteiger partial charge < -0.3 is 19.4 Å². The van der Waals surface area contributed by atoms with E-state index in [1.807, 2.05) is 0 Å². The fourth-order valence-corrected chi connectivity index (χ4v) is 5.07. The van der Waals surface area contributed by atoms with E-state index in [9.17, 15) is 14.7 Å². The number of ether oxygens (including phenoxy) is 2. The Kier molecular flexibility index (Phi) is 7.48. The summed E-state index contributed by atoms with van der Waals surface area (Å²) >= 11 is 1.06. The van der Waals surface area contributed by atoms with Crippen LogP contribution in [0.5, 0.6) is 11.5 Å². The van der Waals surface area contributed by atoms with Crippen molar-refractivity contribution in [2.75, 3.05) is 6.79 Å². The van der Waals surface area contributed by atoms with Crippen molar-refractivity contribution in [3.05, 3.63) is 53.1 Å². The largest absolute Gasteiger partial charge is 1.00 e. The third-order valence-electron chi connectivity index (χ3n) is 6.17. The van der Waals surface area contributed by atoms with Crippen LogP contribution in [0.2, 0.25) is 0 Å². The number of allylic oxidation sites excluding steroid dienone is 1. The van der Waals surface area contributed by atoms with Crippen molar-refractivity contribution in [2.24, 2.45) is 5.92 Å². The van der Waals surface area contributed by atoms with Gasteiger partial charge >= 0.3 is 29.6 Å².